The normalized spacial score (nSPS) is 18.7. The molecule has 0 unspecified atom stereocenters. The van der Waals surface area contributed by atoms with Crippen LogP contribution in [0.4, 0.5) is 13.2 Å². The van der Waals surface area contributed by atoms with E-state index in [4.69, 9.17) is 0 Å². The number of aromatic nitrogens is 2. The van der Waals surface area contributed by atoms with E-state index < -0.39 is 11.7 Å². The van der Waals surface area contributed by atoms with Crippen LogP contribution in [0.15, 0.2) is 18.7 Å². The molecule has 1 aromatic rings. The van der Waals surface area contributed by atoms with Crippen LogP contribution in [0.3, 0.4) is 0 Å². The number of alkyl halides is 3. The summed E-state index contributed by atoms with van der Waals surface area (Å²) in [6, 6.07) is 0. The zero-order chi connectivity index (χ0) is 11.6. The summed E-state index contributed by atoms with van der Waals surface area (Å²) in [5, 5.41) is 2.61. The van der Waals surface area contributed by atoms with Gasteiger partial charge in [-0.3, -0.25) is 0 Å². The van der Waals surface area contributed by atoms with Crippen LogP contribution >= 0.6 is 0 Å². The van der Waals surface area contributed by atoms with Crippen molar-refractivity contribution in [3.8, 4) is 0 Å². The molecule has 1 N–H and O–H groups in total. The van der Waals surface area contributed by atoms with Gasteiger partial charge in [0.05, 0.1) is 6.33 Å². The van der Waals surface area contributed by atoms with Gasteiger partial charge in [0.1, 0.15) is 5.54 Å². The molecule has 1 saturated carbocycles. The van der Waals surface area contributed by atoms with E-state index in [9.17, 15) is 13.2 Å². The third-order valence-corrected chi connectivity index (χ3v) is 2.91. The number of hydrogen-bond acceptors (Lipinski definition) is 2. The predicted molar refractivity (Wildman–Crippen MR) is 52.9 cm³/mol. The van der Waals surface area contributed by atoms with Crippen molar-refractivity contribution < 1.29 is 13.2 Å². The summed E-state index contributed by atoms with van der Waals surface area (Å²) in [4.78, 5) is 3.86. The number of imidazole rings is 1. The van der Waals surface area contributed by atoms with E-state index in [0.717, 1.165) is 0 Å². The molecule has 0 radical (unpaired) electrons. The molecule has 6 heteroatoms. The molecule has 90 valence electrons. The molecule has 3 nitrogen and oxygen atoms in total. The van der Waals surface area contributed by atoms with Gasteiger partial charge in [-0.2, -0.15) is 13.2 Å². The average molecular weight is 233 g/mol. The summed E-state index contributed by atoms with van der Waals surface area (Å²) >= 11 is 0. The fourth-order valence-corrected chi connectivity index (χ4v) is 1.69. The molecule has 0 spiro atoms. The molecule has 1 aromatic heterocycles. The lowest BCUT2D eigenvalue weighted by atomic mass is 10.2. The SMILES string of the molecule is FC(F)(F)C1(NCCCn2ccnc2)CC1. The molecular weight excluding hydrogens is 219 g/mol. The van der Waals surface area contributed by atoms with Crippen LogP contribution in [0.25, 0.3) is 0 Å². The molecule has 2 rings (SSSR count). The first-order valence-electron chi connectivity index (χ1n) is 5.31. The van der Waals surface area contributed by atoms with Gasteiger partial charge in [-0.05, 0) is 25.8 Å². The van der Waals surface area contributed by atoms with E-state index in [0.29, 0.717) is 19.5 Å². The van der Waals surface area contributed by atoms with Crippen molar-refractivity contribution in [3.63, 3.8) is 0 Å². The van der Waals surface area contributed by atoms with Crippen LogP contribution in [-0.4, -0.2) is 27.8 Å². The Morgan fingerprint density at radius 1 is 1.38 bits per heavy atom. The van der Waals surface area contributed by atoms with Crippen LogP contribution in [-0.2, 0) is 6.54 Å². The minimum atomic E-state index is -4.11. The molecule has 1 heterocycles. The van der Waals surface area contributed by atoms with E-state index in [1.807, 2.05) is 4.57 Å². The number of aryl methyl sites for hydroxylation is 1. The van der Waals surface area contributed by atoms with E-state index in [1.54, 1.807) is 18.7 Å². The number of nitrogens with one attached hydrogen (secondary N) is 1. The summed E-state index contributed by atoms with van der Waals surface area (Å²) in [5.41, 5.74) is -1.58. The maximum Gasteiger partial charge on any atom is 0.406 e. The number of halogens is 3. The summed E-state index contributed by atoms with van der Waals surface area (Å²) in [5.74, 6) is 0. The van der Waals surface area contributed by atoms with E-state index in [1.165, 1.54) is 0 Å². The highest BCUT2D eigenvalue weighted by Gasteiger charge is 2.62. The first kappa shape index (κ1) is 11.4. The van der Waals surface area contributed by atoms with Crippen LogP contribution < -0.4 is 5.32 Å². The molecule has 0 aliphatic heterocycles. The monoisotopic (exact) mass is 233 g/mol. The number of rotatable bonds is 5. The summed E-state index contributed by atoms with van der Waals surface area (Å²) in [6.45, 7) is 1.08. The van der Waals surface area contributed by atoms with Crippen LogP contribution in [0.2, 0.25) is 0 Å². The smallest absolute Gasteiger partial charge is 0.337 e. The fourth-order valence-electron chi connectivity index (χ4n) is 1.69. The maximum atomic E-state index is 12.5. The predicted octanol–water partition coefficient (Wildman–Crippen LogP) is 1.96. The quantitative estimate of drug-likeness (QED) is 0.788. The van der Waals surface area contributed by atoms with Crippen molar-refractivity contribution in [2.45, 2.75) is 37.5 Å². The van der Waals surface area contributed by atoms with Crippen molar-refractivity contribution in [2.75, 3.05) is 6.54 Å². The zero-order valence-corrected chi connectivity index (χ0v) is 8.80. The first-order chi connectivity index (χ1) is 7.54. The Morgan fingerprint density at radius 2 is 2.12 bits per heavy atom. The lowest BCUT2D eigenvalue weighted by Gasteiger charge is -2.20. The van der Waals surface area contributed by atoms with Crippen molar-refractivity contribution in [1.82, 2.24) is 14.9 Å². The Hall–Kier alpha value is -1.04. The third kappa shape index (κ3) is 2.37. The van der Waals surface area contributed by atoms with Gasteiger partial charge in [0.15, 0.2) is 0 Å². The molecule has 0 atom stereocenters. The highest BCUT2D eigenvalue weighted by molar-refractivity contribution is 5.07. The second-order valence-corrected chi connectivity index (χ2v) is 4.16. The largest absolute Gasteiger partial charge is 0.406 e. The molecule has 0 saturated heterocycles. The van der Waals surface area contributed by atoms with Crippen molar-refractivity contribution in [2.24, 2.45) is 0 Å². The molecular formula is C10H14F3N3. The second kappa shape index (κ2) is 4.08. The molecule has 0 bridgehead atoms. The van der Waals surface area contributed by atoms with Crippen LogP contribution in [0.1, 0.15) is 19.3 Å². The van der Waals surface area contributed by atoms with Gasteiger partial charge in [0, 0.05) is 18.9 Å². The van der Waals surface area contributed by atoms with E-state index >= 15 is 0 Å². The maximum absolute atomic E-state index is 12.5. The third-order valence-electron chi connectivity index (χ3n) is 2.91. The van der Waals surface area contributed by atoms with Gasteiger partial charge in [-0.15, -0.1) is 0 Å². The lowest BCUT2D eigenvalue weighted by molar-refractivity contribution is -0.165. The first-order valence-corrected chi connectivity index (χ1v) is 5.31. The minimum Gasteiger partial charge on any atom is -0.337 e. The summed E-state index contributed by atoms with van der Waals surface area (Å²) in [6.07, 6.45) is 2.11. The fraction of sp³-hybridized carbons (Fsp3) is 0.700. The minimum absolute atomic E-state index is 0.210. The molecule has 1 aliphatic rings. The van der Waals surface area contributed by atoms with Gasteiger partial charge in [-0.1, -0.05) is 0 Å². The van der Waals surface area contributed by atoms with Crippen LogP contribution in [0.5, 0.6) is 0 Å². The zero-order valence-electron chi connectivity index (χ0n) is 8.80. The Morgan fingerprint density at radius 3 is 2.62 bits per heavy atom. The van der Waals surface area contributed by atoms with Crippen molar-refractivity contribution in [3.05, 3.63) is 18.7 Å². The Bertz CT molecular complexity index is 328. The standard InChI is InChI=1S/C10H14F3N3/c11-10(12,13)9(2-3-9)15-4-1-6-16-7-5-14-8-16/h5,7-8,15H,1-4,6H2. The van der Waals surface area contributed by atoms with Gasteiger partial charge >= 0.3 is 6.18 Å². The molecule has 1 fully saturated rings. The lowest BCUT2D eigenvalue weighted by Crippen LogP contribution is -2.45. The number of nitrogens with zero attached hydrogens (tertiary/aromatic N) is 2. The summed E-state index contributed by atoms with van der Waals surface area (Å²) < 4.78 is 39.4. The molecule has 16 heavy (non-hydrogen) atoms. The highest BCUT2D eigenvalue weighted by atomic mass is 19.4. The summed E-state index contributed by atoms with van der Waals surface area (Å²) in [7, 11) is 0. The Labute approximate surface area is 91.7 Å². The Balaban J connectivity index is 1.69. The molecule has 0 amide bonds. The van der Waals surface area contributed by atoms with E-state index in [-0.39, 0.29) is 12.8 Å². The van der Waals surface area contributed by atoms with E-state index in [2.05, 4.69) is 10.3 Å². The average Bonchev–Trinajstić information content (AvgIpc) is 2.83. The van der Waals surface area contributed by atoms with Gasteiger partial charge in [-0.25, -0.2) is 4.98 Å². The van der Waals surface area contributed by atoms with Gasteiger partial charge < -0.3 is 9.88 Å². The van der Waals surface area contributed by atoms with Gasteiger partial charge in [0.25, 0.3) is 0 Å². The van der Waals surface area contributed by atoms with Crippen LogP contribution in [0, 0.1) is 0 Å². The topological polar surface area (TPSA) is 29.9 Å². The molecule has 0 aromatic carbocycles. The highest BCUT2D eigenvalue weighted by Crippen LogP contribution is 2.48. The van der Waals surface area contributed by atoms with Crippen molar-refractivity contribution in [1.29, 1.82) is 0 Å². The molecule has 1 aliphatic carbocycles. The Kier molecular flexibility index (Phi) is 2.92. The second-order valence-electron chi connectivity index (χ2n) is 4.16. The number of hydrogen-bond donors (Lipinski definition) is 1. The van der Waals surface area contributed by atoms with Crippen molar-refractivity contribution >= 4 is 0 Å². The van der Waals surface area contributed by atoms with Gasteiger partial charge in [0.2, 0.25) is 0 Å².